The van der Waals surface area contributed by atoms with Gasteiger partial charge in [0.05, 0.1) is 11.5 Å². The van der Waals surface area contributed by atoms with Crippen LogP contribution in [0.1, 0.15) is 40.5 Å². The molecule has 0 saturated carbocycles. The summed E-state index contributed by atoms with van der Waals surface area (Å²) in [6.45, 7) is 8.26. The maximum atomic E-state index is 12.6. The third kappa shape index (κ3) is 7.49. The first-order chi connectivity index (χ1) is 14.0. The molecule has 1 fully saturated rings. The minimum Gasteiger partial charge on any atom is -0.494 e. The Kier molecular flexibility index (Phi) is 8.08. The molecule has 0 atom stereocenters. The van der Waals surface area contributed by atoms with Gasteiger partial charge in [0.15, 0.2) is 0 Å². The topological polar surface area (TPSA) is 114 Å². The van der Waals surface area contributed by atoms with E-state index in [0.29, 0.717) is 38.3 Å². The standard InChI is InChI=1S/C20H31N3O6S/c1-5-28-16-6-8-17(9-7-16)30(26,27)22-15-10-12-23(13-11-15)18(24)14-21-19(25)29-20(2,3)4/h6-9,15,22H,5,10-14H2,1-4H3,(H,21,25). The molecule has 10 heteroatoms. The predicted molar refractivity (Wildman–Crippen MR) is 112 cm³/mol. The normalized spacial score (nSPS) is 15.5. The fraction of sp³-hybridized carbons (Fsp3) is 0.600. The summed E-state index contributed by atoms with van der Waals surface area (Å²) in [4.78, 5) is 25.7. The number of benzene rings is 1. The van der Waals surface area contributed by atoms with E-state index in [0.717, 1.165) is 0 Å². The van der Waals surface area contributed by atoms with Crippen LogP contribution in [0.15, 0.2) is 29.2 Å². The van der Waals surface area contributed by atoms with Crippen molar-refractivity contribution in [3.63, 3.8) is 0 Å². The Hall–Kier alpha value is -2.33. The number of hydrogen-bond donors (Lipinski definition) is 2. The molecule has 0 aliphatic carbocycles. The molecule has 0 bridgehead atoms. The van der Waals surface area contributed by atoms with Crippen LogP contribution in [-0.2, 0) is 19.6 Å². The van der Waals surface area contributed by atoms with Crippen LogP contribution in [0.3, 0.4) is 0 Å². The molecule has 2 N–H and O–H groups in total. The fourth-order valence-electron chi connectivity index (χ4n) is 2.99. The van der Waals surface area contributed by atoms with Crippen molar-refractivity contribution < 1.29 is 27.5 Å². The van der Waals surface area contributed by atoms with Crippen LogP contribution in [0.5, 0.6) is 5.75 Å². The van der Waals surface area contributed by atoms with Gasteiger partial charge in [-0.2, -0.15) is 0 Å². The van der Waals surface area contributed by atoms with Crippen LogP contribution in [0.25, 0.3) is 0 Å². The summed E-state index contributed by atoms with van der Waals surface area (Å²) in [6.07, 6.45) is 0.344. The largest absolute Gasteiger partial charge is 0.494 e. The second-order valence-corrected chi connectivity index (χ2v) is 9.75. The highest BCUT2D eigenvalue weighted by Crippen LogP contribution is 2.18. The van der Waals surface area contributed by atoms with Gasteiger partial charge in [-0.1, -0.05) is 0 Å². The first-order valence-corrected chi connectivity index (χ1v) is 11.5. The quantitative estimate of drug-likeness (QED) is 0.668. The molecule has 9 nitrogen and oxygen atoms in total. The third-order valence-corrected chi connectivity index (χ3v) is 5.93. The van der Waals surface area contributed by atoms with Gasteiger partial charge in [-0.15, -0.1) is 0 Å². The summed E-state index contributed by atoms with van der Waals surface area (Å²) in [5.41, 5.74) is -0.633. The summed E-state index contributed by atoms with van der Waals surface area (Å²) in [5.74, 6) is 0.386. The summed E-state index contributed by atoms with van der Waals surface area (Å²) in [6, 6.07) is 6.00. The molecule has 1 heterocycles. The van der Waals surface area contributed by atoms with Crippen molar-refractivity contribution in [1.82, 2.24) is 14.9 Å². The Labute approximate surface area is 178 Å². The van der Waals surface area contributed by atoms with Gasteiger partial charge >= 0.3 is 6.09 Å². The Balaban J connectivity index is 1.80. The molecule has 0 unspecified atom stereocenters. The van der Waals surface area contributed by atoms with Gasteiger partial charge in [0.2, 0.25) is 15.9 Å². The monoisotopic (exact) mass is 441 g/mol. The minimum absolute atomic E-state index is 0.155. The van der Waals surface area contributed by atoms with Crippen molar-refractivity contribution in [3.05, 3.63) is 24.3 Å². The number of likely N-dealkylation sites (tertiary alicyclic amines) is 1. The zero-order valence-corrected chi connectivity index (χ0v) is 18.8. The maximum Gasteiger partial charge on any atom is 0.408 e. The van der Waals surface area contributed by atoms with E-state index in [4.69, 9.17) is 9.47 Å². The van der Waals surface area contributed by atoms with Crippen LogP contribution in [0, 0.1) is 0 Å². The molecule has 2 amide bonds. The Morgan fingerprint density at radius 2 is 1.73 bits per heavy atom. The Morgan fingerprint density at radius 1 is 1.13 bits per heavy atom. The van der Waals surface area contributed by atoms with E-state index >= 15 is 0 Å². The molecule has 1 aliphatic rings. The van der Waals surface area contributed by atoms with Gasteiger partial charge in [-0.25, -0.2) is 17.9 Å². The molecule has 2 rings (SSSR count). The smallest absolute Gasteiger partial charge is 0.408 e. The van der Waals surface area contributed by atoms with Gasteiger partial charge in [0, 0.05) is 19.1 Å². The maximum absolute atomic E-state index is 12.6. The second-order valence-electron chi connectivity index (χ2n) is 8.04. The predicted octanol–water partition coefficient (Wildman–Crippen LogP) is 1.88. The third-order valence-electron chi connectivity index (χ3n) is 4.40. The Morgan fingerprint density at radius 3 is 2.27 bits per heavy atom. The lowest BCUT2D eigenvalue weighted by atomic mass is 10.1. The number of carbonyl (C=O) groups excluding carboxylic acids is 2. The summed E-state index contributed by atoms with van der Waals surface area (Å²) >= 11 is 0. The highest BCUT2D eigenvalue weighted by molar-refractivity contribution is 7.89. The molecule has 0 radical (unpaired) electrons. The highest BCUT2D eigenvalue weighted by Gasteiger charge is 2.27. The molecular formula is C20H31N3O6S. The van der Waals surface area contributed by atoms with Gasteiger partial charge in [0.1, 0.15) is 17.9 Å². The molecule has 1 aromatic carbocycles. The van der Waals surface area contributed by atoms with Crippen molar-refractivity contribution in [2.75, 3.05) is 26.2 Å². The van der Waals surface area contributed by atoms with Crippen LogP contribution >= 0.6 is 0 Å². The lowest BCUT2D eigenvalue weighted by Gasteiger charge is -2.32. The zero-order valence-electron chi connectivity index (χ0n) is 17.9. The Bertz CT molecular complexity index is 825. The number of rotatable bonds is 7. The van der Waals surface area contributed by atoms with Crippen LogP contribution in [-0.4, -0.2) is 63.2 Å². The average molecular weight is 442 g/mol. The molecule has 0 spiro atoms. The number of alkyl carbamates (subject to hydrolysis) is 1. The highest BCUT2D eigenvalue weighted by atomic mass is 32.2. The molecule has 1 saturated heterocycles. The average Bonchev–Trinajstić information content (AvgIpc) is 2.66. The molecule has 1 aliphatic heterocycles. The van der Waals surface area contributed by atoms with Gasteiger partial charge in [-0.3, -0.25) is 4.79 Å². The van der Waals surface area contributed by atoms with E-state index in [9.17, 15) is 18.0 Å². The van der Waals surface area contributed by atoms with Gasteiger partial charge in [-0.05, 0) is 64.8 Å². The second kappa shape index (κ2) is 10.1. The number of sulfonamides is 1. The van der Waals surface area contributed by atoms with E-state index in [1.807, 2.05) is 6.92 Å². The van der Waals surface area contributed by atoms with Crippen LogP contribution < -0.4 is 14.8 Å². The first-order valence-electron chi connectivity index (χ1n) is 10.00. The summed E-state index contributed by atoms with van der Waals surface area (Å²) < 4.78 is 38.3. The number of nitrogens with one attached hydrogen (secondary N) is 2. The van der Waals surface area contributed by atoms with E-state index in [1.165, 1.54) is 12.1 Å². The van der Waals surface area contributed by atoms with Crippen molar-refractivity contribution in [2.24, 2.45) is 0 Å². The number of nitrogens with zero attached hydrogens (tertiary/aromatic N) is 1. The zero-order chi connectivity index (χ0) is 22.4. The van der Waals surface area contributed by atoms with Crippen molar-refractivity contribution in [2.45, 2.75) is 57.1 Å². The molecule has 168 valence electrons. The number of amides is 2. The lowest BCUT2D eigenvalue weighted by Crippen LogP contribution is -2.49. The first kappa shape index (κ1) is 23.9. The fourth-order valence-corrected chi connectivity index (χ4v) is 4.29. The van der Waals surface area contributed by atoms with Crippen molar-refractivity contribution in [1.29, 1.82) is 0 Å². The number of carbonyl (C=O) groups is 2. The molecule has 0 aromatic heterocycles. The SMILES string of the molecule is CCOc1ccc(S(=O)(=O)NC2CCN(C(=O)CNC(=O)OC(C)(C)C)CC2)cc1. The van der Waals surface area contributed by atoms with Crippen molar-refractivity contribution >= 4 is 22.0 Å². The number of piperidine rings is 1. The molecular weight excluding hydrogens is 410 g/mol. The number of hydrogen-bond acceptors (Lipinski definition) is 6. The van der Waals surface area contributed by atoms with Gasteiger partial charge < -0.3 is 19.7 Å². The molecule has 30 heavy (non-hydrogen) atoms. The van der Waals surface area contributed by atoms with E-state index in [-0.39, 0.29) is 23.4 Å². The minimum atomic E-state index is -3.65. The molecule has 1 aromatic rings. The van der Waals surface area contributed by atoms with Crippen molar-refractivity contribution in [3.8, 4) is 5.75 Å². The number of ether oxygens (including phenoxy) is 2. The van der Waals surface area contributed by atoms with E-state index in [2.05, 4.69) is 10.0 Å². The van der Waals surface area contributed by atoms with Crippen LogP contribution in [0.4, 0.5) is 4.79 Å². The van der Waals surface area contributed by atoms with E-state index < -0.39 is 21.7 Å². The van der Waals surface area contributed by atoms with Gasteiger partial charge in [0.25, 0.3) is 0 Å². The van der Waals surface area contributed by atoms with E-state index in [1.54, 1.807) is 37.8 Å². The lowest BCUT2D eigenvalue weighted by molar-refractivity contribution is -0.131. The van der Waals surface area contributed by atoms with Crippen LogP contribution in [0.2, 0.25) is 0 Å². The summed E-state index contributed by atoms with van der Waals surface area (Å²) in [5, 5.41) is 2.45. The summed E-state index contributed by atoms with van der Waals surface area (Å²) in [7, 11) is -3.65.